The number of nitrogens with two attached hydrogens (primary N) is 1. The Hall–Kier alpha value is -7.95. The Morgan fingerprint density at radius 3 is 1.95 bits per heavy atom. The van der Waals surface area contributed by atoms with Crippen LogP contribution in [0.25, 0.3) is 34.0 Å². The van der Waals surface area contributed by atoms with Gasteiger partial charge in [-0.2, -0.15) is 0 Å². The minimum atomic E-state index is -2.55. The number of fused-ring (bicyclic) bond motifs is 2. The van der Waals surface area contributed by atoms with E-state index >= 15 is 0 Å². The molecule has 16 atom stereocenters. The summed E-state index contributed by atoms with van der Waals surface area (Å²) in [6.45, 7) is 8.07. The molecule has 1 aromatic heterocycles. The average Bonchev–Trinajstić information content (AvgIpc) is 1.70. The first-order chi connectivity index (χ1) is 47.7. The Morgan fingerprint density at radius 1 is 0.733 bits per heavy atom. The van der Waals surface area contributed by atoms with Crippen LogP contribution in [0.5, 0.6) is 17.2 Å². The quantitative estimate of drug-likeness (QED) is 0.0107. The van der Waals surface area contributed by atoms with Crippen molar-refractivity contribution in [2.75, 3.05) is 45.9 Å². The van der Waals surface area contributed by atoms with Crippen molar-refractivity contribution in [1.29, 1.82) is 0 Å². The van der Waals surface area contributed by atoms with Crippen LogP contribution in [0.1, 0.15) is 75.4 Å². The van der Waals surface area contributed by atoms with Crippen molar-refractivity contribution >= 4 is 59.6 Å². The molecule has 4 fully saturated rings. The number of nitrogens with one attached hydrogen (secondary N) is 5. The van der Waals surface area contributed by atoms with Gasteiger partial charge in [0.1, 0.15) is 54.2 Å². The summed E-state index contributed by atoms with van der Waals surface area (Å²) in [6.07, 6.45) is -15.1. The van der Waals surface area contributed by atoms with Crippen LogP contribution in [0.3, 0.4) is 0 Å². The van der Waals surface area contributed by atoms with Gasteiger partial charge in [0, 0.05) is 74.7 Å². The normalized spacial score (nSPS) is 26.3. The van der Waals surface area contributed by atoms with Gasteiger partial charge in [-0.15, -0.1) is 14.5 Å². The largest absolute Gasteiger partial charge is 1.00 e. The molecule has 4 aliphatic rings. The number of ether oxygens (including phenoxy) is 2. The van der Waals surface area contributed by atoms with E-state index in [1.54, 1.807) is 0 Å². The summed E-state index contributed by atoms with van der Waals surface area (Å²) in [5.74, 6) is -11.1. The monoisotopic (exact) mass is 1440 g/mol. The summed E-state index contributed by atoms with van der Waals surface area (Å²) in [7, 11) is 0. The van der Waals surface area contributed by atoms with Crippen LogP contribution >= 0.6 is 12.3 Å². The number of hydrogen-bond donors (Lipinski definition) is 14. The molecule has 540 valence electrons. The maximum absolute atomic E-state index is 14.7. The molecular weight excluding hydrogens is 1360 g/mol. The molecule has 4 aromatic carbocycles. The maximum atomic E-state index is 14.7. The van der Waals surface area contributed by atoms with E-state index in [-0.39, 0.29) is 77.0 Å². The Balaban J connectivity index is 0.0000130. The number of aliphatic hydroxyl groups excluding tert-OH is 7. The van der Waals surface area contributed by atoms with Crippen molar-refractivity contribution in [1.82, 2.24) is 51.5 Å². The fourth-order valence-electron chi connectivity index (χ4n) is 12.4. The molecule has 101 heavy (non-hydrogen) atoms. The Bertz CT molecular complexity index is 3690. The number of primary amides is 1. The molecule has 15 N–H and O–H groups in total. The number of nitrogens with zero attached hydrogens (tertiary/aromatic N) is 5. The molecule has 0 radical (unpaired) electrons. The molecule has 5 aromatic rings. The first-order valence-electron chi connectivity index (χ1n) is 32.1. The molecule has 5 heterocycles. The van der Waals surface area contributed by atoms with Crippen molar-refractivity contribution < 1.29 is 141 Å². The number of morpholine rings is 1. The third kappa shape index (κ3) is 20.0. The fraction of sp³-hybridized carbons (Fsp3) is 0.477. The van der Waals surface area contributed by atoms with Crippen LogP contribution in [-0.4, -0.2) is 244 Å². The number of carbonyl (C=O) groups is 8. The number of carbonyl (C=O) groups excluding carboxylic acids is 8. The van der Waals surface area contributed by atoms with Gasteiger partial charge in [-0.25, -0.2) is 0 Å². The number of β-amino-alcohol motifs (C(OH)–C–C–N with tert-alkyl or cyclic N) is 1. The van der Waals surface area contributed by atoms with Crippen LogP contribution in [-0.2, 0) is 47.7 Å². The third-order valence-electron chi connectivity index (χ3n) is 17.5. The smallest absolute Gasteiger partial charge is 0.691 e. The van der Waals surface area contributed by atoms with E-state index in [2.05, 4.69) is 64.9 Å². The van der Waals surface area contributed by atoms with Gasteiger partial charge in [-0.3, -0.25) is 48.3 Å². The van der Waals surface area contributed by atoms with E-state index in [0.29, 0.717) is 22.6 Å². The third-order valence-corrected chi connectivity index (χ3v) is 17.8. The molecule has 8 amide bonds. The SMILES string of the molecule is CC(O)C1NC(=O)[C@@H](NC(=O)c2ccc(-c3nnc(-c4ccc(-c5ccc(OCCCN6C[C@@H](C)O[C@@H](C)C6)cc5)cc4)o3)cc2)CC(O)CNC(=O)C2C(O)C(C)CN2C(=O)C(C(O)CC(N)=O)NC(=O)C(C(O)C(O)c2ccc(O)c(OSOO[O-])c2)NC(=O)C2CC(O)CN2C1=O.[Na+]. The zero-order valence-corrected chi connectivity index (χ0v) is 58.4. The number of aliphatic hydroxyl groups is 7. The zero-order chi connectivity index (χ0) is 72.2. The first kappa shape index (κ1) is 78.8. The van der Waals surface area contributed by atoms with E-state index in [9.17, 15) is 84.5 Å². The van der Waals surface area contributed by atoms with Gasteiger partial charge < -0.3 is 106 Å². The minimum Gasteiger partial charge on any atom is -0.691 e. The molecule has 34 nitrogen and oxygen atoms in total. The molecule has 4 aliphatic heterocycles. The number of phenols is 1. The molecule has 0 bridgehead atoms. The van der Waals surface area contributed by atoms with Crippen molar-refractivity contribution in [3.05, 3.63) is 102 Å². The van der Waals surface area contributed by atoms with Crippen molar-refractivity contribution in [3.63, 3.8) is 0 Å². The fourth-order valence-corrected chi connectivity index (χ4v) is 12.6. The van der Waals surface area contributed by atoms with Gasteiger partial charge in [0.05, 0.1) is 55.8 Å². The Labute approximate surface area is 604 Å². The molecule has 0 saturated carbocycles. The first-order valence-corrected chi connectivity index (χ1v) is 32.8. The molecule has 36 heteroatoms. The van der Waals surface area contributed by atoms with E-state index in [1.165, 1.54) is 31.2 Å². The van der Waals surface area contributed by atoms with Gasteiger partial charge in [-0.05, 0) is 105 Å². The van der Waals surface area contributed by atoms with Gasteiger partial charge in [-0.1, -0.05) is 37.3 Å². The summed E-state index contributed by atoms with van der Waals surface area (Å²) in [4.78, 5) is 118. The predicted octanol–water partition coefficient (Wildman–Crippen LogP) is -5.86. The number of amides is 8. The van der Waals surface area contributed by atoms with E-state index in [0.717, 1.165) is 73.0 Å². The van der Waals surface area contributed by atoms with Crippen LogP contribution in [0.2, 0.25) is 0 Å². The summed E-state index contributed by atoms with van der Waals surface area (Å²) < 4.78 is 27.0. The number of phenolic OH excluding ortho intramolecular Hbond substituents is 1. The molecule has 0 spiro atoms. The summed E-state index contributed by atoms with van der Waals surface area (Å²) in [5.41, 5.74) is 7.82. The zero-order valence-electron chi connectivity index (χ0n) is 55.6. The number of aromatic hydroxyl groups is 1. The van der Waals surface area contributed by atoms with Gasteiger partial charge in [0.15, 0.2) is 11.5 Å². The van der Waals surface area contributed by atoms with Crippen molar-refractivity contribution in [2.45, 2.75) is 145 Å². The van der Waals surface area contributed by atoms with E-state index in [4.69, 9.17) is 23.8 Å². The molecule has 9 rings (SSSR count). The van der Waals surface area contributed by atoms with Crippen LogP contribution in [0.4, 0.5) is 0 Å². The second kappa shape index (κ2) is 35.8. The second-order valence-corrected chi connectivity index (χ2v) is 25.6. The number of rotatable bonds is 21. The second-order valence-electron chi connectivity index (χ2n) is 25.2. The van der Waals surface area contributed by atoms with E-state index < -0.39 is 183 Å². The number of hydrogen-bond acceptors (Lipinski definition) is 27. The maximum Gasteiger partial charge on any atom is 1.00 e. The molecule has 4 saturated heterocycles. The standard InChI is InChI=1S/C65H81N11O23S.Na/c1-31-27-76-53(54(31)83)61(90)67-26-41(78)23-44(68-57(86)37-8-12-39(13-9-37)63-73-72-62(96-63)38-10-6-35(7-11-38)36-14-17-43(18-15-36)94-21-5-20-74-28-32(2)95-33(3)29-74)58(87)69-50(34(4)77)64(91)75-30-42(79)24-45(75)59(88)71-52(60(89)70-51(65(76)92)47(81)25-49(66)82)56(85)55(84)40-16-19-46(80)48(22-40)97-100-99-98-93;/h6-19,22,31-34,41-42,44-45,47,50-56,77-81,83-85,93H,5,20-21,23-30H2,1-4H3,(H2,66,82)(H,67,90)(H,68,86)(H,69,87)(H,70,89)(H,71,88);/q;+1/p-1/t31?,32-,33+,34?,41?,42?,44-,45?,47?,50?,51?,52?,53?,54?,55?,56?;/m0./s1. The van der Waals surface area contributed by atoms with Gasteiger partial charge in [0.25, 0.3) is 18.2 Å². The Kier molecular flexibility index (Phi) is 27.9. The Morgan fingerprint density at radius 2 is 1.33 bits per heavy atom. The van der Waals surface area contributed by atoms with Gasteiger partial charge in [0.2, 0.25) is 53.1 Å². The van der Waals surface area contributed by atoms with E-state index in [1.807, 2.05) is 48.5 Å². The number of benzene rings is 4. The molecular formula is C65H80N11NaO23S. The molecule has 0 aliphatic carbocycles. The van der Waals surface area contributed by atoms with Crippen LogP contribution < -0.4 is 76.1 Å². The minimum absolute atomic E-state index is 0. The molecule has 13 unspecified atom stereocenters. The average molecular weight is 1440 g/mol. The van der Waals surface area contributed by atoms with Crippen LogP contribution in [0.15, 0.2) is 95.4 Å². The van der Waals surface area contributed by atoms with Crippen LogP contribution in [0, 0.1) is 5.92 Å². The predicted molar refractivity (Wildman–Crippen MR) is 346 cm³/mol. The summed E-state index contributed by atoms with van der Waals surface area (Å²) in [6, 6.07) is 11.4. The number of aromatic nitrogens is 2. The summed E-state index contributed by atoms with van der Waals surface area (Å²) >= 11 is -0.0895. The summed E-state index contributed by atoms with van der Waals surface area (Å²) in [5, 5.41) is 124. The van der Waals surface area contributed by atoms with Crippen molar-refractivity contribution in [2.24, 2.45) is 11.7 Å². The van der Waals surface area contributed by atoms with Crippen molar-refractivity contribution in [3.8, 4) is 51.3 Å². The van der Waals surface area contributed by atoms with Gasteiger partial charge >= 0.3 is 29.6 Å². The topological polar surface area (TPSA) is 502 Å².